The summed E-state index contributed by atoms with van der Waals surface area (Å²) >= 11 is 1.61. The molecule has 0 aromatic heterocycles. The Morgan fingerprint density at radius 2 is 1.79 bits per heavy atom. The molecule has 170 valence electrons. The van der Waals surface area contributed by atoms with Crippen LogP contribution < -0.4 is 14.8 Å². The van der Waals surface area contributed by atoms with Crippen molar-refractivity contribution in [1.82, 2.24) is 10.2 Å². The monoisotopic (exact) mass is 462 g/mol. The van der Waals surface area contributed by atoms with Crippen molar-refractivity contribution in [2.24, 2.45) is 0 Å². The minimum atomic E-state index is -0.160. The molecule has 1 saturated heterocycles. The fourth-order valence-electron chi connectivity index (χ4n) is 3.61. The number of benzene rings is 3. The van der Waals surface area contributed by atoms with Gasteiger partial charge in [0.15, 0.2) is 0 Å². The first-order valence-electron chi connectivity index (χ1n) is 10.7. The van der Waals surface area contributed by atoms with E-state index in [4.69, 9.17) is 9.47 Å². The first kappa shape index (κ1) is 22.7. The summed E-state index contributed by atoms with van der Waals surface area (Å²) in [6.07, 6.45) is 0. The zero-order valence-corrected chi connectivity index (χ0v) is 19.2. The number of ether oxygens (including phenoxy) is 2. The van der Waals surface area contributed by atoms with Crippen LogP contribution in [-0.2, 0) is 11.3 Å². The highest BCUT2D eigenvalue weighted by molar-refractivity contribution is 8.00. The molecule has 0 bridgehead atoms. The SMILES string of the molecule is COc1cccc(OCCNC(=O)c2ccc([C@H]3SCC(=O)N3Cc3ccccc3)cc2)c1. The van der Waals surface area contributed by atoms with Crippen LogP contribution in [-0.4, -0.2) is 42.7 Å². The smallest absolute Gasteiger partial charge is 0.251 e. The minimum absolute atomic E-state index is 0.0499. The summed E-state index contributed by atoms with van der Waals surface area (Å²) in [5.41, 5.74) is 2.69. The van der Waals surface area contributed by atoms with Crippen LogP contribution in [0.5, 0.6) is 11.5 Å². The molecule has 1 fully saturated rings. The summed E-state index contributed by atoms with van der Waals surface area (Å²) < 4.78 is 10.8. The molecule has 1 atom stereocenters. The van der Waals surface area contributed by atoms with Gasteiger partial charge in [-0.3, -0.25) is 9.59 Å². The van der Waals surface area contributed by atoms with E-state index in [0.29, 0.717) is 36.8 Å². The van der Waals surface area contributed by atoms with Crippen molar-refractivity contribution in [3.63, 3.8) is 0 Å². The van der Waals surface area contributed by atoms with Gasteiger partial charge < -0.3 is 19.7 Å². The van der Waals surface area contributed by atoms with Crippen molar-refractivity contribution in [2.75, 3.05) is 26.0 Å². The second kappa shape index (κ2) is 10.9. The molecular formula is C26H26N2O4S. The van der Waals surface area contributed by atoms with E-state index in [0.717, 1.165) is 16.9 Å². The second-order valence-corrected chi connectivity index (χ2v) is 8.64. The summed E-state index contributed by atoms with van der Waals surface area (Å²) in [5, 5.41) is 2.82. The van der Waals surface area contributed by atoms with Crippen LogP contribution in [0.4, 0.5) is 0 Å². The summed E-state index contributed by atoms with van der Waals surface area (Å²) in [5.74, 6) is 1.85. The highest BCUT2D eigenvalue weighted by Crippen LogP contribution is 2.39. The largest absolute Gasteiger partial charge is 0.497 e. The van der Waals surface area contributed by atoms with Crippen LogP contribution in [0.1, 0.15) is 26.9 Å². The van der Waals surface area contributed by atoms with Crippen LogP contribution in [0.2, 0.25) is 0 Å². The van der Waals surface area contributed by atoms with Crippen LogP contribution in [0.25, 0.3) is 0 Å². The standard InChI is InChI=1S/C26H26N2O4S/c1-31-22-8-5-9-23(16-22)32-15-14-27-25(30)20-10-12-21(13-11-20)26-28(24(29)18-33-26)17-19-6-3-2-4-7-19/h2-13,16,26H,14-15,17-18H2,1H3,(H,27,30)/t26-/m1/s1. The first-order valence-corrected chi connectivity index (χ1v) is 11.8. The number of amides is 2. The van der Waals surface area contributed by atoms with Gasteiger partial charge in [0.1, 0.15) is 23.5 Å². The number of thioether (sulfide) groups is 1. The maximum atomic E-state index is 12.5. The molecule has 0 aliphatic carbocycles. The third-order valence-electron chi connectivity index (χ3n) is 5.32. The molecule has 4 rings (SSSR count). The van der Waals surface area contributed by atoms with Crippen molar-refractivity contribution in [3.05, 3.63) is 95.6 Å². The summed E-state index contributed by atoms with van der Waals surface area (Å²) in [4.78, 5) is 26.8. The van der Waals surface area contributed by atoms with Crippen LogP contribution in [0.3, 0.4) is 0 Å². The number of carbonyl (C=O) groups is 2. The van der Waals surface area contributed by atoms with Gasteiger partial charge in [0, 0.05) is 18.2 Å². The molecule has 6 nitrogen and oxygen atoms in total. The second-order valence-electron chi connectivity index (χ2n) is 7.58. The highest BCUT2D eigenvalue weighted by atomic mass is 32.2. The summed E-state index contributed by atoms with van der Waals surface area (Å²) in [7, 11) is 1.61. The average Bonchev–Trinajstić information content (AvgIpc) is 3.22. The maximum absolute atomic E-state index is 12.5. The van der Waals surface area contributed by atoms with Crippen LogP contribution in [0.15, 0.2) is 78.9 Å². The number of rotatable bonds is 9. The number of nitrogens with one attached hydrogen (secondary N) is 1. The van der Waals surface area contributed by atoms with Crippen molar-refractivity contribution >= 4 is 23.6 Å². The number of methoxy groups -OCH3 is 1. The molecular weight excluding hydrogens is 436 g/mol. The molecule has 0 unspecified atom stereocenters. The zero-order chi connectivity index (χ0) is 23.0. The number of hydrogen-bond donors (Lipinski definition) is 1. The Hall–Kier alpha value is -3.45. The van der Waals surface area contributed by atoms with E-state index in [-0.39, 0.29) is 17.2 Å². The predicted molar refractivity (Wildman–Crippen MR) is 129 cm³/mol. The van der Waals surface area contributed by atoms with E-state index in [9.17, 15) is 9.59 Å². The fraction of sp³-hybridized carbons (Fsp3) is 0.231. The van der Waals surface area contributed by atoms with Gasteiger partial charge in [-0.25, -0.2) is 0 Å². The van der Waals surface area contributed by atoms with Gasteiger partial charge in [-0.05, 0) is 35.4 Å². The van der Waals surface area contributed by atoms with E-state index in [1.54, 1.807) is 37.1 Å². The van der Waals surface area contributed by atoms with Crippen molar-refractivity contribution in [3.8, 4) is 11.5 Å². The van der Waals surface area contributed by atoms with Gasteiger partial charge in [-0.1, -0.05) is 48.5 Å². The highest BCUT2D eigenvalue weighted by Gasteiger charge is 2.32. The van der Waals surface area contributed by atoms with Gasteiger partial charge in [-0.2, -0.15) is 0 Å². The lowest BCUT2D eigenvalue weighted by molar-refractivity contribution is -0.128. The quantitative estimate of drug-likeness (QED) is 0.481. The molecule has 3 aromatic carbocycles. The molecule has 7 heteroatoms. The number of nitrogens with zero attached hydrogens (tertiary/aromatic N) is 1. The van der Waals surface area contributed by atoms with Gasteiger partial charge in [0.2, 0.25) is 5.91 Å². The van der Waals surface area contributed by atoms with Crippen molar-refractivity contribution < 1.29 is 19.1 Å². The van der Waals surface area contributed by atoms with Crippen LogP contribution in [0, 0.1) is 0 Å². The summed E-state index contributed by atoms with van der Waals surface area (Å²) in [6, 6.07) is 24.8. The number of carbonyl (C=O) groups excluding carboxylic acids is 2. The molecule has 1 aliphatic rings. The topological polar surface area (TPSA) is 67.9 Å². The molecule has 1 N–H and O–H groups in total. The zero-order valence-electron chi connectivity index (χ0n) is 18.4. The lowest BCUT2D eigenvalue weighted by Crippen LogP contribution is -2.28. The molecule has 0 radical (unpaired) electrons. The van der Waals surface area contributed by atoms with Gasteiger partial charge in [-0.15, -0.1) is 11.8 Å². The lowest BCUT2D eigenvalue weighted by Gasteiger charge is -2.24. The average molecular weight is 463 g/mol. The van der Waals surface area contributed by atoms with Crippen molar-refractivity contribution in [1.29, 1.82) is 0 Å². The van der Waals surface area contributed by atoms with E-state index in [2.05, 4.69) is 5.32 Å². The Morgan fingerprint density at radius 1 is 1.03 bits per heavy atom. The van der Waals surface area contributed by atoms with E-state index >= 15 is 0 Å². The molecule has 33 heavy (non-hydrogen) atoms. The molecule has 0 saturated carbocycles. The minimum Gasteiger partial charge on any atom is -0.497 e. The van der Waals surface area contributed by atoms with Crippen LogP contribution >= 0.6 is 11.8 Å². The van der Waals surface area contributed by atoms with Gasteiger partial charge >= 0.3 is 0 Å². The van der Waals surface area contributed by atoms with E-state index < -0.39 is 0 Å². The Morgan fingerprint density at radius 3 is 2.55 bits per heavy atom. The predicted octanol–water partition coefficient (Wildman–Crippen LogP) is 4.28. The van der Waals surface area contributed by atoms with E-state index in [1.807, 2.05) is 65.6 Å². The molecule has 2 amide bonds. The Balaban J connectivity index is 1.30. The van der Waals surface area contributed by atoms with Gasteiger partial charge in [0.05, 0.1) is 19.4 Å². The Kier molecular flexibility index (Phi) is 7.52. The first-order chi connectivity index (χ1) is 16.1. The summed E-state index contributed by atoms with van der Waals surface area (Å²) in [6.45, 7) is 1.31. The normalized spacial score (nSPS) is 15.4. The fourth-order valence-corrected chi connectivity index (χ4v) is 4.79. The molecule has 1 aliphatic heterocycles. The third kappa shape index (κ3) is 5.87. The molecule has 3 aromatic rings. The third-order valence-corrected chi connectivity index (χ3v) is 6.58. The molecule has 1 heterocycles. The number of hydrogen-bond acceptors (Lipinski definition) is 5. The van der Waals surface area contributed by atoms with Gasteiger partial charge in [0.25, 0.3) is 5.91 Å². The molecule has 0 spiro atoms. The lowest BCUT2D eigenvalue weighted by atomic mass is 10.1. The Labute approximate surface area is 197 Å². The Bertz CT molecular complexity index is 1090. The van der Waals surface area contributed by atoms with Crippen molar-refractivity contribution in [2.45, 2.75) is 11.9 Å². The maximum Gasteiger partial charge on any atom is 0.251 e. The van der Waals surface area contributed by atoms with E-state index in [1.165, 1.54) is 0 Å².